The van der Waals surface area contributed by atoms with Gasteiger partial charge in [0, 0.05) is 12.6 Å². The number of hydrogen-bond acceptors (Lipinski definition) is 5. The number of carboxylic acid groups (broad SMARTS) is 1. The fourth-order valence-corrected chi connectivity index (χ4v) is 2.44. The van der Waals surface area contributed by atoms with E-state index in [4.69, 9.17) is 0 Å². The number of rotatable bonds is 2. The molecule has 3 heterocycles. The third-order valence-electron chi connectivity index (χ3n) is 3.36. The Kier molecular flexibility index (Phi) is 2.96. The molecule has 1 aliphatic heterocycles. The van der Waals surface area contributed by atoms with E-state index in [2.05, 4.69) is 15.1 Å². The molecule has 1 unspecified atom stereocenters. The normalized spacial score (nSPS) is 19.4. The molecule has 112 valence electrons. The molecule has 1 N–H and O–H groups in total. The van der Waals surface area contributed by atoms with Gasteiger partial charge in [0.05, 0.1) is 0 Å². The van der Waals surface area contributed by atoms with Crippen LogP contribution in [-0.4, -0.2) is 43.2 Å². The summed E-state index contributed by atoms with van der Waals surface area (Å²) < 4.78 is 39.8. The van der Waals surface area contributed by atoms with Crippen molar-refractivity contribution in [2.75, 3.05) is 11.4 Å². The molecule has 2 aromatic heterocycles. The Labute approximate surface area is 116 Å². The molecule has 7 nitrogen and oxygen atoms in total. The van der Waals surface area contributed by atoms with E-state index in [1.807, 2.05) is 0 Å². The number of carboxylic acids is 1. The van der Waals surface area contributed by atoms with Crippen LogP contribution in [0.4, 0.5) is 19.0 Å². The number of fused-ring (bicyclic) bond motifs is 1. The van der Waals surface area contributed by atoms with Crippen molar-refractivity contribution in [3.05, 3.63) is 18.1 Å². The van der Waals surface area contributed by atoms with E-state index in [0.717, 1.165) is 16.9 Å². The van der Waals surface area contributed by atoms with Gasteiger partial charge in [-0.3, -0.25) is 0 Å². The fraction of sp³-hybridized carbons (Fsp3) is 0.455. The molecule has 0 saturated carbocycles. The van der Waals surface area contributed by atoms with Crippen LogP contribution in [0.15, 0.2) is 12.4 Å². The maximum atomic E-state index is 12.9. The second-order valence-electron chi connectivity index (χ2n) is 4.66. The Hall–Kier alpha value is -2.39. The van der Waals surface area contributed by atoms with Gasteiger partial charge in [-0.15, -0.1) is 0 Å². The number of alkyl halides is 3. The SMILES string of the molecule is O=C(O)C1CCCN1c1cc(C(F)(F)F)nc2ncnn12. The standard InChI is InChI=1S/C11H10F3N5O2/c12-11(13,14)7-4-8(19-10(17-7)15-5-16-19)18-3-1-2-6(18)9(20)21/h4-6H,1-3H2,(H,20,21). The number of halogens is 3. The lowest BCUT2D eigenvalue weighted by molar-refractivity contribution is -0.141. The van der Waals surface area contributed by atoms with Gasteiger partial charge in [-0.25, -0.2) is 9.78 Å². The van der Waals surface area contributed by atoms with E-state index < -0.39 is 23.9 Å². The molecule has 10 heteroatoms. The van der Waals surface area contributed by atoms with Crippen molar-refractivity contribution in [2.24, 2.45) is 0 Å². The van der Waals surface area contributed by atoms with Gasteiger partial charge in [0.25, 0.3) is 5.78 Å². The van der Waals surface area contributed by atoms with Crippen LogP contribution in [-0.2, 0) is 11.0 Å². The minimum atomic E-state index is -4.64. The third kappa shape index (κ3) is 2.26. The average molecular weight is 301 g/mol. The molecule has 2 aromatic rings. The number of aliphatic carboxylic acids is 1. The first kappa shape index (κ1) is 13.6. The van der Waals surface area contributed by atoms with Crippen LogP contribution >= 0.6 is 0 Å². The van der Waals surface area contributed by atoms with E-state index in [1.165, 1.54) is 4.90 Å². The van der Waals surface area contributed by atoms with Gasteiger partial charge in [0.15, 0.2) is 5.69 Å². The molecular weight excluding hydrogens is 291 g/mol. The van der Waals surface area contributed by atoms with Crippen molar-refractivity contribution in [3.8, 4) is 0 Å². The molecule has 1 fully saturated rings. The van der Waals surface area contributed by atoms with Crippen LogP contribution in [0.2, 0.25) is 0 Å². The molecule has 0 spiro atoms. The number of aromatic nitrogens is 4. The van der Waals surface area contributed by atoms with Gasteiger partial charge in [-0.2, -0.15) is 27.8 Å². The van der Waals surface area contributed by atoms with E-state index in [-0.39, 0.29) is 11.6 Å². The highest BCUT2D eigenvalue weighted by Gasteiger charge is 2.37. The number of nitrogens with zero attached hydrogens (tertiary/aromatic N) is 5. The molecule has 0 radical (unpaired) electrons. The van der Waals surface area contributed by atoms with Gasteiger partial charge in [-0.1, -0.05) is 0 Å². The second-order valence-corrected chi connectivity index (χ2v) is 4.66. The molecule has 1 saturated heterocycles. The molecular formula is C11H10F3N5O2. The van der Waals surface area contributed by atoms with E-state index in [0.29, 0.717) is 19.4 Å². The summed E-state index contributed by atoms with van der Waals surface area (Å²) >= 11 is 0. The zero-order chi connectivity index (χ0) is 15.2. The minimum Gasteiger partial charge on any atom is -0.480 e. The van der Waals surface area contributed by atoms with Crippen LogP contribution < -0.4 is 4.90 Å². The van der Waals surface area contributed by atoms with Gasteiger partial charge >= 0.3 is 12.1 Å². The lowest BCUT2D eigenvalue weighted by Gasteiger charge is -2.24. The first-order valence-corrected chi connectivity index (χ1v) is 6.15. The summed E-state index contributed by atoms with van der Waals surface area (Å²) in [4.78, 5) is 19.7. The molecule has 0 aliphatic carbocycles. The van der Waals surface area contributed by atoms with Gasteiger partial charge < -0.3 is 10.0 Å². The zero-order valence-corrected chi connectivity index (χ0v) is 10.6. The Morgan fingerprint density at radius 2 is 2.19 bits per heavy atom. The lowest BCUT2D eigenvalue weighted by Crippen LogP contribution is -2.37. The zero-order valence-electron chi connectivity index (χ0n) is 10.6. The van der Waals surface area contributed by atoms with Gasteiger partial charge in [0.2, 0.25) is 0 Å². The molecule has 1 atom stereocenters. The average Bonchev–Trinajstić information content (AvgIpc) is 3.05. The van der Waals surface area contributed by atoms with Crippen LogP contribution in [0.1, 0.15) is 18.5 Å². The second kappa shape index (κ2) is 4.57. The highest BCUT2D eigenvalue weighted by atomic mass is 19.4. The lowest BCUT2D eigenvalue weighted by atomic mass is 10.2. The Morgan fingerprint density at radius 1 is 1.43 bits per heavy atom. The van der Waals surface area contributed by atoms with Crippen molar-refractivity contribution in [1.82, 2.24) is 19.6 Å². The predicted molar refractivity (Wildman–Crippen MR) is 63.8 cm³/mol. The fourth-order valence-electron chi connectivity index (χ4n) is 2.44. The molecule has 3 rings (SSSR count). The summed E-state index contributed by atoms with van der Waals surface area (Å²) in [5.74, 6) is -1.25. The van der Waals surface area contributed by atoms with Crippen molar-refractivity contribution in [3.63, 3.8) is 0 Å². The summed E-state index contributed by atoms with van der Waals surface area (Å²) in [6, 6.07) is -0.0657. The molecule has 1 aliphatic rings. The van der Waals surface area contributed by atoms with Crippen molar-refractivity contribution in [1.29, 1.82) is 0 Å². The Morgan fingerprint density at radius 3 is 2.86 bits per heavy atom. The molecule has 21 heavy (non-hydrogen) atoms. The van der Waals surface area contributed by atoms with Crippen molar-refractivity contribution in [2.45, 2.75) is 25.1 Å². The van der Waals surface area contributed by atoms with Crippen LogP contribution in [0, 0.1) is 0 Å². The highest BCUT2D eigenvalue weighted by Crippen LogP contribution is 2.32. The predicted octanol–water partition coefficient (Wildman–Crippen LogP) is 1.20. The minimum absolute atomic E-state index is 0.0368. The molecule has 0 amide bonds. The molecule has 0 aromatic carbocycles. The summed E-state index contributed by atoms with van der Waals surface area (Å²) in [5.41, 5.74) is -1.12. The van der Waals surface area contributed by atoms with Crippen LogP contribution in [0.25, 0.3) is 5.78 Å². The van der Waals surface area contributed by atoms with E-state index >= 15 is 0 Å². The van der Waals surface area contributed by atoms with E-state index in [9.17, 15) is 23.1 Å². The monoisotopic (exact) mass is 301 g/mol. The highest BCUT2D eigenvalue weighted by molar-refractivity contribution is 5.78. The molecule has 0 bridgehead atoms. The largest absolute Gasteiger partial charge is 0.480 e. The number of carbonyl (C=O) groups is 1. The smallest absolute Gasteiger partial charge is 0.433 e. The quantitative estimate of drug-likeness (QED) is 0.897. The first-order chi connectivity index (χ1) is 9.88. The van der Waals surface area contributed by atoms with Crippen molar-refractivity contribution >= 4 is 17.6 Å². The van der Waals surface area contributed by atoms with Crippen LogP contribution in [0.5, 0.6) is 0 Å². The Bertz CT molecular complexity index is 699. The van der Waals surface area contributed by atoms with Gasteiger partial charge in [0.1, 0.15) is 18.2 Å². The number of anilines is 1. The summed E-state index contributed by atoms with van der Waals surface area (Å²) in [7, 11) is 0. The van der Waals surface area contributed by atoms with Crippen molar-refractivity contribution < 1.29 is 23.1 Å². The van der Waals surface area contributed by atoms with Gasteiger partial charge in [-0.05, 0) is 12.8 Å². The first-order valence-electron chi connectivity index (χ1n) is 6.15. The van der Waals surface area contributed by atoms with E-state index in [1.54, 1.807) is 0 Å². The topological polar surface area (TPSA) is 83.6 Å². The summed E-state index contributed by atoms with van der Waals surface area (Å²) in [6.07, 6.45) is -2.61. The number of hydrogen-bond donors (Lipinski definition) is 1. The maximum Gasteiger partial charge on any atom is 0.433 e. The van der Waals surface area contributed by atoms with Crippen LogP contribution in [0.3, 0.4) is 0 Å². The maximum absolute atomic E-state index is 12.9. The summed E-state index contributed by atoms with van der Waals surface area (Å²) in [5, 5.41) is 13.0. The summed E-state index contributed by atoms with van der Waals surface area (Å²) in [6.45, 7) is 0.341. The third-order valence-corrected chi connectivity index (χ3v) is 3.36. The Balaban J connectivity index is 2.16.